The van der Waals surface area contributed by atoms with Crippen LogP contribution in [-0.4, -0.2) is 0 Å². The van der Waals surface area contributed by atoms with Crippen LogP contribution in [0.1, 0.15) is 24.1 Å². The highest BCUT2D eigenvalue weighted by Gasteiger charge is 2.04. The van der Waals surface area contributed by atoms with Crippen molar-refractivity contribution in [1.29, 1.82) is 0 Å². The van der Waals surface area contributed by atoms with Crippen molar-refractivity contribution < 1.29 is 4.39 Å². The van der Waals surface area contributed by atoms with E-state index in [-0.39, 0.29) is 11.9 Å². The first kappa shape index (κ1) is 13.2. The van der Waals surface area contributed by atoms with Gasteiger partial charge in [0, 0.05) is 17.1 Å². The Morgan fingerprint density at radius 2 is 1.67 bits per heavy atom. The van der Waals surface area contributed by atoms with Crippen molar-refractivity contribution >= 4 is 15.9 Å². The summed E-state index contributed by atoms with van der Waals surface area (Å²) in [6, 6.07) is 15.0. The van der Waals surface area contributed by atoms with Crippen LogP contribution in [0.25, 0.3) is 0 Å². The average molecular weight is 308 g/mol. The predicted octanol–water partition coefficient (Wildman–Crippen LogP) is 4.44. The van der Waals surface area contributed by atoms with Gasteiger partial charge in [-0.2, -0.15) is 0 Å². The fourth-order valence-electron chi connectivity index (χ4n) is 1.74. The van der Waals surface area contributed by atoms with Crippen molar-refractivity contribution in [1.82, 2.24) is 5.32 Å². The molecule has 0 aromatic heterocycles. The maximum atomic E-state index is 12.8. The molecule has 0 saturated carbocycles. The zero-order valence-corrected chi connectivity index (χ0v) is 11.7. The maximum Gasteiger partial charge on any atom is 0.123 e. The summed E-state index contributed by atoms with van der Waals surface area (Å²) in [5, 5.41) is 3.42. The first-order valence-electron chi connectivity index (χ1n) is 5.88. The predicted molar refractivity (Wildman–Crippen MR) is 75.8 cm³/mol. The lowest BCUT2D eigenvalue weighted by Crippen LogP contribution is -2.17. The standard InChI is InChI=1S/C15H15BrFN/c1-11(13-4-8-15(17)9-5-13)18-10-12-2-6-14(16)7-3-12/h2-9,11,18H,10H2,1H3/t11-/m1/s1. The van der Waals surface area contributed by atoms with Crippen LogP contribution in [0.4, 0.5) is 4.39 Å². The molecule has 0 aliphatic carbocycles. The molecule has 0 aliphatic rings. The Labute approximate surface area is 115 Å². The normalized spacial score (nSPS) is 12.4. The molecular weight excluding hydrogens is 293 g/mol. The average Bonchev–Trinajstić information content (AvgIpc) is 2.38. The van der Waals surface area contributed by atoms with Gasteiger partial charge in [-0.25, -0.2) is 4.39 Å². The first-order chi connectivity index (χ1) is 8.65. The zero-order chi connectivity index (χ0) is 13.0. The lowest BCUT2D eigenvalue weighted by Gasteiger charge is -2.14. The molecule has 2 aromatic rings. The van der Waals surface area contributed by atoms with Gasteiger partial charge in [-0.1, -0.05) is 40.2 Å². The molecule has 1 atom stereocenters. The molecule has 0 fully saturated rings. The van der Waals surface area contributed by atoms with Crippen LogP contribution < -0.4 is 5.32 Å². The Kier molecular flexibility index (Phi) is 4.50. The first-order valence-corrected chi connectivity index (χ1v) is 6.68. The smallest absolute Gasteiger partial charge is 0.123 e. The Morgan fingerprint density at radius 3 is 2.28 bits per heavy atom. The van der Waals surface area contributed by atoms with Gasteiger partial charge in [0.05, 0.1) is 0 Å². The molecule has 0 saturated heterocycles. The molecule has 0 unspecified atom stereocenters. The van der Waals surface area contributed by atoms with Crippen molar-refractivity contribution in [2.45, 2.75) is 19.5 Å². The number of hydrogen-bond acceptors (Lipinski definition) is 1. The minimum atomic E-state index is -0.196. The monoisotopic (exact) mass is 307 g/mol. The molecule has 0 amide bonds. The largest absolute Gasteiger partial charge is 0.306 e. The van der Waals surface area contributed by atoms with E-state index in [9.17, 15) is 4.39 Å². The van der Waals surface area contributed by atoms with Crippen LogP contribution in [-0.2, 0) is 6.54 Å². The molecule has 1 N–H and O–H groups in total. The van der Waals surface area contributed by atoms with E-state index in [1.54, 1.807) is 0 Å². The van der Waals surface area contributed by atoms with Gasteiger partial charge < -0.3 is 5.32 Å². The van der Waals surface area contributed by atoms with Crippen molar-refractivity contribution in [3.8, 4) is 0 Å². The van der Waals surface area contributed by atoms with Crippen LogP contribution in [0, 0.1) is 5.82 Å². The molecule has 3 heteroatoms. The molecule has 0 bridgehead atoms. The zero-order valence-electron chi connectivity index (χ0n) is 10.2. The maximum absolute atomic E-state index is 12.8. The molecule has 0 aliphatic heterocycles. The van der Waals surface area contributed by atoms with E-state index in [2.05, 4.69) is 40.3 Å². The van der Waals surface area contributed by atoms with E-state index < -0.39 is 0 Å². The molecule has 94 valence electrons. The van der Waals surface area contributed by atoms with Crippen LogP contribution in [0.2, 0.25) is 0 Å². The van der Waals surface area contributed by atoms with Gasteiger partial charge >= 0.3 is 0 Å². The SMILES string of the molecule is C[C@@H](NCc1ccc(Br)cc1)c1ccc(F)cc1. The molecule has 2 rings (SSSR count). The summed E-state index contributed by atoms with van der Waals surface area (Å²) in [6.45, 7) is 2.87. The van der Waals surface area contributed by atoms with Gasteiger partial charge in [0.25, 0.3) is 0 Å². The van der Waals surface area contributed by atoms with E-state index in [0.717, 1.165) is 16.6 Å². The van der Waals surface area contributed by atoms with Crippen molar-refractivity contribution in [2.75, 3.05) is 0 Å². The Hall–Kier alpha value is -1.19. The lowest BCUT2D eigenvalue weighted by atomic mass is 10.1. The summed E-state index contributed by atoms with van der Waals surface area (Å²) in [5.74, 6) is -0.196. The number of hydrogen-bond donors (Lipinski definition) is 1. The third-order valence-electron chi connectivity index (χ3n) is 2.90. The van der Waals surface area contributed by atoms with Crippen LogP contribution in [0.15, 0.2) is 53.0 Å². The highest BCUT2D eigenvalue weighted by atomic mass is 79.9. The van der Waals surface area contributed by atoms with Gasteiger partial charge in [-0.3, -0.25) is 0 Å². The Balaban J connectivity index is 1.93. The van der Waals surface area contributed by atoms with E-state index in [4.69, 9.17) is 0 Å². The third-order valence-corrected chi connectivity index (χ3v) is 3.42. The van der Waals surface area contributed by atoms with Crippen molar-refractivity contribution in [3.63, 3.8) is 0 Å². The molecule has 0 radical (unpaired) electrons. The van der Waals surface area contributed by atoms with E-state index in [0.29, 0.717) is 0 Å². The van der Waals surface area contributed by atoms with E-state index in [1.807, 2.05) is 24.3 Å². The minimum absolute atomic E-state index is 0.196. The number of nitrogens with one attached hydrogen (secondary N) is 1. The van der Waals surface area contributed by atoms with Gasteiger partial charge in [0.2, 0.25) is 0 Å². The van der Waals surface area contributed by atoms with Gasteiger partial charge in [0.15, 0.2) is 0 Å². The number of halogens is 2. The van der Waals surface area contributed by atoms with Crippen LogP contribution >= 0.6 is 15.9 Å². The summed E-state index contributed by atoms with van der Waals surface area (Å²) in [6.07, 6.45) is 0. The van der Waals surface area contributed by atoms with Gasteiger partial charge in [-0.05, 0) is 42.3 Å². The lowest BCUT2D eigenvalue weighted by molar-refractivity contribution is 0.571. The summed E-state index contributed by atoms with van der Waals surface area (Å²) in [5.41, 5.74) is 2.32. The second-order valence-electron chi connectivity index (χ2n) is 4.28. The highest BCUT2D eigenvalue weighted by molar-refractivity contribution is 9.10. The molecular formula is C15H15BrFN. The second kappa shape index (κ2) is 6.12. The van der Waals surface area contributed by atoms with Crippen molar-refractivity contribution in [3.05, 3.63) is 69.9 Å². The summed E-state index contributed by atoms with van der Waals surface area (Å²) < 4.78 is 13.9. The van der Waals surface area contributed by atoms with Crippen LogP contribution in [0.5, 0.6) is 0 Å². The minimum Gasteiger partial charge on any atom is -0.306 e. The summed E-state index contributed by atoms with van der Waals surface area (Å²) in [4.78, 5) is 0. The third kappa shape index (κ3) is 3.65. The van der Waals surface area contributed by atoms with E-state index in [1.165, 1.54) is 17.7 Å². The number of benzene rings is 2. The molecule has 0 spiro atoms. The van der Waals surface area contributed by atoms with Gasteiger partial charge in [-0.15, -0.1) is 0 Å². The topological polar surface area (TPSA) is 12.0 Å². The van der Waals surface area contributed by atoms with Crippen molar-refractivity contribution in [2.24, 2.45) is 0 Å². The van der Waals surface area contributed by atoms with E-state index >= 15 is 0 Å². The molecule has 0 heterocycles. The molecule has 1 nitrogen and oxygen atoms in total. The van der Waals surface area contributed by atoms with Gasteiger partial charge in [0.1, 0.15) is 5.82 Å². The Bertz CT molecular complexity index is 493. The fraction of sp³-hybridized carbons (Fsp3) is 0.200. The fourth-order valence-corrected chi connectivity index (χ4v) is 2.01. The highest BCUT2D eigenvalue weighted by Crippen LogP contribution is 2.15. The Morgan fingerprint density at radius 1 is 1.06 bits per heavy atom. The second-order valence-corrected chi connectivity index (χ2v) is 5.20. The van der Waals surface area contributed by atoms with Crippen LogP contribution in [0.3, 0.4) is 0 Å². The quantitative estimate of drug-likeness (QED) is 0.880. The number of rotatable bonds is 4. The molecule has 18 heavy (non-hydrogen) atoms. The summed E-state index contributed by atoms with van der Waals surface area (Å²) in [7, 11) is 0. The molecule has 2 aromatic carbocycles. The summed E-state index contributed by atoms with van der Waals surface area (Å²) >= 11 is 3.41.